The molecule has 1 amide bonds. The van der Waals surface area contributed by atoms with E-state index in [-0.39, 0.29) is 36.6 Å². The molecule has 1 saturated heterocycles. The lowest BCUT2D eigenvalue weighted by atomic mass is 10.0. The first kappa shape index (κ1) is 17.0. The molecule has 0 bridgehead atoms. The molecule has 0 radical (unpaired) electrons. The summed E-state index contributed by atoms with van der Waals surface area (Å²) in [6.07, 6.45) is 0.546. The van der Waals surface area contributed by atoms with Crippen molar-refractivity contribution in [2.45, 2.75) is 38.5 Å². The van der Waals surface area contributed by atoms with Crippen LogP contribution in [0.3, 0.4) is 0 Å². The Bertz CT molecular complexity index is 417. The molecule has 4 nitrogen and oxygen atoms in total. The first-order valence-corrected chi connectivity index (χ1v) is 6.80. The van der Waals surface area contributed by atoms with Gasteiger partial charge in [0.25, 0.3) is 0 Å². The maximum atomic E-state index is 12.3. The summed E-state index contributed by atoms with van der Waals surface area (Å²) < 4.78 is 5.63. The van der Waals surface area contributed by atoms with E-state index in [4.69, 9.17) is 10.5 Å². The third-order valence-electron chi connectivity index (χ3n) is 3.39. The average molecular weight is 299 g/mol. The number of rotatable bonds is 3. The Morgan fingerprint density at radius 2 is 1.85 bits per heavy atom. The lowest BCUT2D eigenvalue weighted by Crippen LogP contribution is -2.48. The first-order chi connectivity index (χ1) is 9.06. The molecule has 1 fully saturated rings. The fourth-order valence-corrected chi connectivity index (χ4v) is 2.52. The highest BCUT2D eigenvalue weighted by Gasteiger charge is 2.26. The predicted octanol–water partition coefficient (Wildman–Crippen LogP) is 2.13. The van der Waals surface area contributed by atoms with Gasteiger partial charge in [0.1, 0.15) is 0 Å². The minimum atomic E-state index is -0.234. The van der Waals surface area contributed by atoms with Crippen LogP contribution in [0.1, 0.15) is 31.9 Å². The molecule has 1 aromatic carbocycles. The van der Waals surface area contributed by atoms with Gasteiger partial charge in [-0.15, -0.1) is 12.4 Å². The highest BCUT2D eigenvalue weighted by atomic mass is 35.5. The van der Waals surface area contributed by atoms with Crippen LogP contribution in [-0.4, -0.2) is 36.1 Å². The molecular formula is C15H23ClN2O2. The lowest BCUT2D eigenvalue weighted by molar-refractivity contribution is -0.143. The van der Waals surface area contributed by atoms with Crippen LogP contribution in [0.5, 0.6) is 0 Å². The molecule has 2 N–H and O–H groups in total. The Morgan fingerprint density at radius 1 is 1.30 bits per heavy atom. The van der Waals surface area contributed by atoms with E-state index in [0.717, 1.165) is 5.56 Å². The second-order valence-electron chi connectivity index (χ2n) is 5.28. The van der Waals surface area contributed by atoms with Crippen molar-refractivity contribution < 1.29 is 9.53 Å². The van der Waals surface area contributed by atoms with Crippen LogP contribution in [0, 0.1) is 0 Å². The molecule has 0 aromatic heterocycles. The summed E-state index contributed by atoms with van der Waals surface area (Å²) in [5.74, 6) is 0.110. The Hall–Kier alpha value is -1.10. The van der Waals surface area contributed by atoms with E-state index >= 15 is 0 Å². The van der Waals surface area contributed by atoms with E-state index < -0.39 is 0 Å². The standard InChI is InChI=1S/C15H22N2O2.ClH/c1-11-9-17(10-12(2)19-11)15(18)8-14(16)13-6-4-3-5-7-13;/h3-7,11-12,14H,8-10,16H2,1-2H3;1H. The summed E-state index contributed by atoms with van der Waals surface area (Å²) in [6, 6.07) is 9.52. The number of carbonyl (C=O) groups is 1. The highest BCUT2D eigenvalue weighted by molar-refractivity contribution is 5.85. The second kappa shape index (κ2) is 7.62. The molecule has 0 aliphatic carbocycles. The van der Waals surface area contributed by atoms with Gasteiger partial charge in [-0.3, -0.25) is 4.79 Å². The SMILES string of the molecule is CC1CN(C(=O)CC(N)c2ccccc2)CC(C)O1.Cl. The van der Waals surface area contributed by atoms with Crippen molar-refractivity contribution in [2.24, 2.45) is 5.73 Å². The quantitative estimate of drug-likeness (QED) is 0.930. The van der Waals surface area contributed by atoms with Gasteiger partial charge >= 0.3 is 0 Å². The van der Waals surface area contributed by atoms with Crippen molar-refractivity contribution in [3.8, 4) is 0 Å². The molecule has 1 aliphatic rings. The minimum absolute atomic E-state index is 0. The minimum Gasteiger partial charge on any atom is -0.372 e. The Morgan fingerprint density at radius 3 is 2.40 bits per heavy atom. The molecule has 3 unspecified atom stereocenters. The summed E-state index contributed by atoms with van der Waals surface area (Å²) in [6.45, 7) is 5.30. The zero-order chi connectivity index (χ0) is 13.8. The van der Waals surface area contributed by atoms with Gasteiger partial charge in [0.2, 0.25) is 5.91 Å². The Kier molecular flexibility index (Phi) is 6.46. The van der Waals surface area contributed by atoms with Crippen LogP contribution in [0.25, 0.3) is 0 Å². The van der Waals surface area contributed by atoms with Crippen molar-refractivity contribution in [1.29, 1.82) is 0 Å². The van der Waals surface area contributed by atoms with Crippen LogP contribution >= 0.6 is 12.4 Å². The van der Waals surface area contributed by atoms with Crippen molar-refractivity contribution in [3.05, 3.63) is 35.9 Å². The van der Waals surface area contributed by atoms with Crippen molar-refractivity contribution in [1.82, 2.24) is 4.90 Å². The summed E-state index contributed by atoms with van der Waals surface area (Å²) in [5, 5.41) is 0. The number of ether oxygens (including phenoxy) is 1. The molecule has 0 saturated carbocycles. The number of nitrogens with zero attached hydrogens (tertiary/aromatic N) is 1. The van der Waals surface area contributed by atoms with E-state index in [2.05, 4.69) is 0 Å². The summed E-state index contributed by atoms with van der Waals surface area (Å²) in [7, 11) is 0. The molecule has 1 aromatic rings. The van der Waals surface area contributed by atoms with E-state index in [9.17, 15) is 4.79 Å². The first-order valence-electron chi connectivity index (χ1n) is 6.80. The zero-order valence-corrected chi connectivity index (χ0v) is 12.8. The van der Waals surface area contributed by atoms with Crippen LogP contribution in [0.15, 0.2) is 30.3 Å². The molecular weight excluding hydrogens is 276 g/mol. The molecule has 5 heteroatoms. The van der Waals surface area contributed by atoms with Gasteiger partial charge in [0, 0.05) is 25.6 Å². The largest absolute Gasteiger partial charge is 0.372 e. The average Bonchev–Trinajstić information content (AvgIpc) is 2.38. The van der Waals surface area contributed by atoms with Crippen LogP contribution in [-0.2, 0) is 9.53 Å². The van der Waals surface area contributed by atoms with Gasteiger partial charge in [-0.25, -0.2) is 0 Å². The summed E-state index contributed by atoms with van der Waals surface area (Å²) in [5.41, 5.74) is 7.10. The second-order valence-corrected chi connectivity index (χ2v) is 5.28. The Labute approximate surface area is 126 Å². The summed E-state index contributed by atoms with van der Waals surface area (Å²) in [4.78, 5) is 14.1. The number of nitrogens with two attached hydrogens (primary N) is 1. The molecule has 0 spiro atoms. The maximum absolute atomic E-state index is 12.3. The maximum Gasteiger partial charge on any atom is 0.224 e. The van der Waals surface area contributed by atoms with Crippen molar-refractivity contribution in [3.63, 3.8) is 0 Å². The van der Waals surface area contributed by atoms with Gasteiger partial charge in [0.05, 0.1) is 12.2 Å². The zero-order valence-electron chi connectivity index (χ0n) is 12.0. The van der Waals surface area contributed by atoms with Gasteiger partial charge in [-0.2, -0.15) is 0 Å². The lowest BCUT2D eigenvalue weighted by Gasteiger charge is -2.35. The van der Waals surface area contributed by atoms with Gasteiger partial charge < -0.3 is 15.4 Å². The van der Waals surface area contributed by atoms with Crippen molar-refractivity contribution >= 4 is 18.3 Å². The van der Waals surface area contributed by atoms with Gasteiger partial charge in [-0.1, -0.05) is 30.3 Å². The normalized spacial score (nSPS) is 23.9. The molecule has 20 heavy (non-hydrogen) atoms. The van der Waals surface area contributed by atoms with E-state index in [1.165, 1.54) is 0 Å². The number of morpholine rings is 1. The third-order valence-corrected chi connectivity index (χ3v) is 3.39. The van der Waals surface area contributed by atoms with Crippen LogP contribution < -0.4 is 5.73 Å². The smallest absolute Gasteiger partial charge is 0.224 e. The van der Waals surface area contributed by atoms with E-state index in [0.29, 0.717) is 19.5 Å². The topological polar surface area (TPSA) is 55.6 Å². The molecule has 3 atom stereocenters. The monoisotopic (exact) mass is 298 g/mol. The number of amides is 1. The molecule has 1 aliphatic heterocycles. The molecule has 1 heterocycles. The fourth-order valence-electron chi connectivity index (χ4n) is 2.52. The van der Waals surface area contributed by atoms with Gasteiger partial charge in [0.15, 0.2) is 0 Å². The number of carbonyl (C=O) groups excluding carboxylic acids is 1. The van der Waals surface area contributed by atoms with Crippen molar-refractivity contribution in [2.75, 3.05) is 13.1 Å². The van der Waals surface area contributed by atoms with Gasteiger partial charge in [-0.05, 0) is 19.4 Å². The Balaban J connectivity index is 0.00000200. The van der Waals surface area contributed by atoms with E-state index in [1.54, 1.807) is 0 Å². The highest BCUT2D eigenvalue weighted by Crippen LogP contribution is 2.17. The number of halogens is 1. The van der Waals surface area contributed by atoms with Crippen LogP contribution in [0.2, 0.25) is 0 Å². The number of hydrogen-bond donors (Lipinski definition) is 1. The number of hydrogen-bond acceptors (Lipinski definition) is 3. The van der Waals surface area contributed by atoms with E-state index in [1.807, 2.05) is 49.1 Å². The fraction of sp³-hybridized carbons (Fsp3) is 0.533. The predicted molar refractivity (Wildman–Crippen MR) is 81.8 cm³/mol. The summed E-state index contributed by atoms with van der Waals surface area (Å²) >= 11 is 0. The molecule has 2 rings (SSSR count). The van der Waals surface area contributed by atoms with Crippen LogP contribution in [0.4, 0.5) is 0 Å². The number of benzene rings is 1. The third kappa shape index (κ3) is 4.47. The molecule has 112 valence electrons.